The summed E-state index contributed by atoms with van der Waals surface area (Å²) in [4.78, 5) is 0. The van der Waals surface area contributed by atoms with Gasteiger partial charge in [-0.1, -0.05) is 151 Å². The third kappa shape index (κ3) is 16.2. The van der Waals surface area contributed by atoms with Gasteiger partial charge in [-0.3, -0.25) is 0 Å². The molecule has 7 heteroatoms. The van der Waals surface area contributed by atoms with Gasteiger partial charge in [0.05, 0.1) is 17.8 Å². The van der Waals surface area contributed by atoms with E-state index in [1.165, 1.54) is 16.7 Å². The van der Waals surface area contributed by atoms with Crippen LogP contribution in [0.5, 0.6) is 0 Å². The van der Waals surface area contributed by atoms with Crippen molar-refractivity contribution in [3.8, 4) is 0 Å². The van der Waals surface area contributed by atoms with Crippen molar-refractivity contribution in [1.82, 2.24) is 0 Å². The van der Waals surface area contributed by atoms with Gasteiger partial charge in [0.2, 0.25) is 0 Å². The molecule has 0 aromatic rings. The Morgan fingerprint density at radius 2 is 1.17 bits per heavy atom. The van der Waals surface area contributed by atoms with E-state index in [0.29, 0.717) is 0 Å². The third-order valence-electron chi connectivity index (χ3n) is 9.29. The first-order chi connectivity index (χ1) is 24.7. The van der Waals surface area contributed by atoms with E-state index in [0.717, 1.165) is 35.1 Å². The molecule has 0 bridgehead atoms. The van der Waals surface area contributed by atoms with Crippen LogP contribution in [0.2, 0.25) is 0 Å². The second-order valence-electron chi connectivity index (χ2n) is 15.7. The van der Waals surface area contributed by atoms with Gasteiger partial charge in [-0.2, -0.15) is 0 Å². The zero-order chi connectivity index (χ0) is 39.9. The lowest BCUT2D eigenvalue weighted by Gasteiger charge is -2.41. The molecular formula is C46H66O7. The molecule has 0 spiro atoms. The number of ether oxygens (including phenoxy) is 2. The molecule has 5 unspecified atom stereocenters. The Balaban J connectivity index is 1.90. The van der Waals surface area contributed by atoms with E-state index in [4.69, 9.17) is 9.47 Å². The number of hydrogen-bond donors (Lipinski definition) is 5. The van der Waals surface area contributed by atoms with E-state index in [9.17, 15) is 25.5 Å². The molecule has 7 nitrogen and oxygen atoms in total. The molecule has 1 fully saturated rings. The van der Waals surface area contributed by atoms with Crippen molar-refractivity contribution >= 4 is 0 Å². The molecule has 292 valence electrons. The van der Waals surface area contributed by atoms with Gasteiger partial charge in [-0.15, -0.1) is 0 Å². The fraction of sp³-hybridized carbons (Fsp3) is 0.478. The smallest absolute Gasteiger partial charge is 0.187 e. The number of aliphatic hydroxyl groups is 5. The fourth-order valence-electron chi connectivity index (χ4n) is 6.10. The van der Waals surface area contributed by atoms with Gasteiger partial charge >= 0.3 is 0 Å². The first kappa shape index (κ1) is 45.8. The molecular weight excluding hydrogens is 664 g/mol. The number of rotatable bonds is 15. The Morgan fingerprint density at radius 3 is 1.64 bits per heavy atom. The Kier molecular flexibility index (Phi) is 18.5. The number of aliphatic hydroxyl groups excluding tert-OH is 4. The molecule has 5 N–H and O–H groups in total. The van der Waals surface area contributed by atoms with Crippen molar-refractivity contribution in [2.24, 2.45) is 5.41 Å². The van der Waals surface area contributed by atoms with Crippen LogP contribution in [0.1, 0.15) is 89.0 Å². The Bertz CT molecular complexity index is 1580. The van der Waals surface area contributed by atoms with Crippen LogP contribution >= 0.6 is 0 Å². The highest BCUT2D eigenvalue weighted by molar-refractivity contribution is 5.38. The van der Waals surface area contributed by atoms with Crippen LogP contribution in [0.25, 0.3) is 0 Å². The van der Waals surface area contributed by atoms with E-state index < -0.39 is 42.4 Å². The summed E-state index contributed by atoms with van der Waals surface area (Å²) in [5.41, 5.74) is 6.72. The third-order valence-corrected chi connectivity index (χ3v) is 9.29. The molecule has 0 saturated carbocycles. The van der Waals surface area contributed by atoms with Gasteiger partial charge in [0.15, 0.2) is 6.29 Å². The summed E-state index contributed by atoms with van der Waals surface area (Å²) in [6.45, 7) is 21.5. The first-order valence-electron chi connectivity index (χ1n) is 18.6. The molecule has 2 aliphatic rings. The molecule has 1 saturated heterocycles. The molecule has 1 aliphatic carbocycles. The van der Waals surface area contributed by atoms with Crippen LogP contribution < -0.4 is 0 Å². The quantitative estimate of drug-likeness (QED) is 0.107. The highest BCUT2D eigenvalue weighted by Gasteiger charge is 2.44. The first-order valence-corrected chi connectivity index (χ1v) is 18.6. The maximum absolute atomic E-state index is 10.7. The van der Waals surface area contributed by atoms with Crippen molar-refractivity contribution in [2.75, 3.05) is 0 Å². The second kappa shape index (κ2) is 21.5. The Morgan fingerprint density at radius 1 is 0.717 bits per heavy atom. The summed E-state index contributed by atoms with van der Waals surface area (Å²) in [5, 5.41) is 51.2. The lowest BCUT2D eigenvalue weighted by Crippen LogP contribution is -2.58. The average Bonchev–Trinajstić information content (AvgIpc) is 3.04. The molecule has 0 radical (unpaired) electrons. The molecule has 1 heterocycles. The van der Waals surface area contributed by atoms with Gasteiger partial charge in [-0.05, 0) is 86.1 Å². The minimum atomic E-state index is -1.45. The molecule has 2 rings (SSSR count). The van der Waals surface area contributed by atoms with Crippen molar-refractivity contribution < 1.29 is 35.0 Å². The average molecular weight is 731 g/mol. The predicted molar refractivity (Wildman–Crippen MR) is 219 cm³/mol. The summed E-state index contributed by atoms with van der Waals surface area (Å²) in [7, 11) is 0. The monoisotopic (exact) mass is 730 g/mol. The van der Waals surface area contributed by atoms with Crippen LogP contribution in [-0.2, 0) is 9.47 Å². The Hall–Kier alpha value is -3.40. The van der Waals surface area contributed by atoms with E-state index >= 15 is 0 Å². The Labute approximate surface area is 319 Å². The molecule has 53 heavy (non-hydrogen) atoms. The molecule has 7 atom stereocenters. The topological polar surface area (TPSA) is 120 Å². The van der Waals surface area contributed by atoms with Crippen LogP contribution in [0.15, 0.2) is 142 Å². The minimum Gasteiger partial charge on any atom is -0.393 e. The second-order valence-corrected chi connectivity index (χ2v) is 15.7. The number of hydrogen-bond acceptors (Lipinski definition) is 7. The van der Waals surface area contributed by atoms with E-state index in [-0.39, 0.29) is 11.5 Å². The minimum absolute atomic E-state index is 0.0186. The number of allylic oxidation sites excluding steroid dienone is 22. The van der Waals surface area contributed by atoms with Gasteiger partial charge in [0.25, 0.3) is 0 Å². The summed E-state index contributed by atoms with van der Waals surface area (Å²) in [5.74, 6) is 0. The van der Waals surface area contributed by atoms with Gasteiger partial charge in [0.1, 0.15) is 24.4 Å². The van der Waals surface area contributed by atoms with Crippen LogP contribution in [0.3, 0.4) is 0 Å². The van der Waals surface area contributed by atoms with Gasteiger partial charge in [-0.25, -0.2) is 0 Å². The van der Waals surface area contributed by atoms with Crippen LogP contribution in [0, 0.1) is 5.41 Å². The van der Waals surface area contributed by atoms with E-state index in [2.05, 4.69) is 90.2 Å². The van der Waals surface area contributed by atoms with Crippen molar-refractivity contribution in [3.63, 3.8) is 0 Å². The summed E-state index contributed by atoms with van der Waals surface area (Å²) >= 11 is 0. The zero-order valence-corrected chi connectivity index (χ0v) is 33.8. The normalized spacial score (nSPS) is 28.3. The molecule has 1 aliphatic heterocycles. The lowest BCUT2D eigenvalue weighted by atomic mass is 9.71. The standard InChI is InChI=1S/C46H66O7/c1-31(17-12-13-18-32(2)20-15-23-34(4)25-27-39-36(6)29-38(47)30-45(39,8)9)19-14-21-33(3)22-16-24-35(5)26-28-40(46(10,11)51)53-44-43(50)42(49)41(48)37(7)52-44/h12-28,37-38,40-44,47-51H,29-30H2,1-11H3/b13-12+,19-14+,20-15+,22-16+,27-25+,28-26+,31-17+,32-18+,33-21+,34-23+,35-24+/t37?,38-,40+,41?,42?,43?,44?/m1/s1. The highest BCUT2D eigenvalue weighted by atomic mass is 16.7. The fourth-order valence-corrected chi connectivity index (χ4v) is 6.10. The van der Waals surface area contributed by atoms with E-state index in [1.54, 1.807) is 26.8 Å². The maximum atomic E-state index is 10.7. The van der Waals surface area contributed by atoms with Crippen LogP contribution in [0.4, 0.5) is 0 Å². The SMILES string of the molecule is CC1=C(/C=C/C(C)=C/C=C/C(C)=C/C=C/C=C(C)/C=C/C=C(C)/C=C/C=C(C)/C=C/[C@H](OC2OC(C)C(O)C(O)C2O)C(C)(C)O)C(C)(C)C[C@H](O)C1. The summed E-state index contributed by atoms with van der Waals surface area (Å²) in [6, 6.07) is 0. The van der Waals surface area contributed by atoms with E-state index in [1.807, 2.05) is 62.5 Å². The summed E-state index contributed by atoms with van der Waals surface area (Å²) < 4.78 is 11.4. The van der Waals surface area contributed by atoms with Crippen molar-refractivity contribution in [2.45, 2.75) is 138 Å². The van der Waals surface area contributed by atoms with Crippen molar-refractivity contribution in [1.29, 1.82) is 0 Å². The lowest BCUT2D eigenvalue weighted by molar-refractivity contribution is -0.309. The van der Waals surface area contributed by atoms with Gasteiger partial charge < -0.3 is 35.0 Å². The molecule has 0 aromatic carbocycles. The van der Waals surface area contributed by atoms with Crippen LogP contribution in [-0.4, -0.2) is 74.0 Å². The largest absolute Gasteiger partial charge is 0.393 e. The molecule has 0 aromatic heterocycles. The summed E-state index contributed by atoms with van der Waals surface area (Å²) in [6.07, 6.45) is 28.8. The maximum Gasteiger partial charge on any atom is 0.187 e. The molecule has 0 amide bonds. The van der Waals surface area contributed by atoms with Crippen molar-refractivity contribution in [3.05, 3.63) is 142 Å². The van der Waals surface area contributed by atoms with Gasteiger partial charge in [0, 0.05) is 0 Å². The predicted octanol–water partition coefficient (Wildman–Crippen LogP) is 8.54. The highest BCUT2D eigenvalue weighted by Crippen LogP contribution is 2.41. The zero-order valence-electron chi connectivity index (χ0n) is 33.8.